The maximum absolute atomic E-state index is 4.67. The van der Waals surface area contributed by atoms with Crippen molar-refractivity contribution in [1.29, 1.82) is 0 Å². The van der Waals surface area contributed by atoms with Crippen LogP contribution in [0.5, 0.6) is 0 Å². The van der Waals surface area contributed by atoms with Gasteiger partial charge >= 0.3 is 0 Å². The molecule has 0 atom stereocenters. The number of aliphatic imine (C=N–C) groups is 1. The van der Waals surface area contributed by atoms with Crippen LogP contribution in [-0.4, -0.2) is 56.7 Å². The molecule has 1 fully saturated rings. The number of nitrogens with zero attached hydrogens (tertiary/aromatic N) is 3. The number of hydrogen-bond donors (Lipinski definition) is 2. The first-order chi connectivity index (χ1) is 13.8. The Morgan fingerprint density at radius 1 is 1.00 bits per heavy atom. The molecule has 2 aromatic rings. The largest absolute Gasteiger partial charge is 0.369 e. The van der Waals surface area contributed by atoms with Gasteiger partial charge in [0.05, 0.1) is 6.54 Å². The molecule has 2 N–H and O–H groups in total. The Morgan fingerprint density at radius 3 is 2.54 bits per heavy atom. The standard InChI is InChI=1S/C22H33N5S/c1-2-23-22(25-19-21-11-8-18-28-21)24-12-6-7-13-26-14-16-27(17-15-26)20-9-4-3-5-10-20/h3-5,8-11,18H,2,6-7,12-17,19H2,1H3,(H2,23,24,25). The van der Waals surface area contributed by atoms with Crippen molar-refractivity contribution in [3.8, 4) is 0 Å². The van der Waals surface area contributed by atoms with E-state index >= 15 is 0 Å². The fourth-order valence-electron chi connectivity index (χ4n) is 3.44. The van der Waals surface area contributed by atoms with Gasteiger partial charge in [0, 0.05) is 49.8 Å². The van der Waals surface area contributed by atoms with Crippen molar-refractivity contribution in [2.24, 2.45) is 4.99 Å². The number of hydrogen-bond acceptors (Lipinski definition) is 4. The average molecular weight is 400 g/mol. The van der Waals surface area contributed by atoms with Gasteiger partial charge in [-0.1, -0.05) is 24.3 Å². The fourth-order valence-corrected chi connectivity index (χ4v) is 4.07. The minimum atomic E-state index is 0.749. The lowest BCUT2D eigenvalue weighted by molar-refractivity contribution is 0.253. The number of rotatable bonds is 9. The highest BCUT2D eigenvalue weighted by molar-refractivity contribution is 7.09. The Labute approximate surface area is 173 Å². The summed E-state index contributed by atoms with van der Waals surface area (Å²) in [5.41, 5.74) is 1.35. The van der Waals surface area contributed by atoms with E-state index in [1.165, 1.54) is 30.0 Å². The van der Waals surface area contributed by atoms with Crippen molar-refractivity contribution in [2.45, 2.75) is 26.3 Å². The van der Waals surface area contributed by atoms with E-state index in [1.807, 2.05) is 0 Å². The molecule has 1 saturated heterocycles. The number of benzene rings is 1. The number of thiophene rings is 1. The molecule has 3 rings (SSSR count). The van der Waals surface area contributed by atoms with E-state index < -0.39 is 0 Å². The second-order valence-electron chi connectivity index (χ2n) is 7.07. The van der Waals surface area contributed by atoms with E-state index in [4.69, 9.17) is 0 Å². The number of unbranched alkanes of at least 4 members (excludes halogenated alkanes) is 1. The third kappa shape index (κ3) is 6.84. The lowest BCUT2D eigenvalue weighted by Crippen LogP contribution is -2.46. The predicted octanol–water partition coefficient (Wildman–Crippen LogP) is 3.41. The summed E-state index contributed by atoms with van der Waals surface area (Å²) < 4.78 is 0. The van der Waals surface area contributed by atoms with Crippen LogP contribution in [0.25, 0.3) is 0 Å². The van der Waals surface area contributed by atoms with E-state index in [0.29, 0.717) is 0 Å². The van der Waals surface area contributed by atoms with Gasteiger partial charge in [-0.05, 0) is 49.9 Å². The van der Waals surface area contributed by atoms with Gasteiger partial charge in [0.15, 0.2) is 5.96 Å². The van der Waals surface area contributed by atoms with Gasteiger partial charge in [-0.2, -0.15) is 0 Å². The van der Waals surface area contributed by atoms with E-state index in [1.54, 1.807) is 11.3 Å². The molecule has 6 heteroatoms. The van der Waals surface area contributed by atoms with E-state index in [2.05, 4.69) is 80.2 Å². The SMILES string of the molecule is CCNC(=NCc1cccs1)NCCCCN1CCN(c2ccccc2)CC1. The summed E-state index contributed by atoms with van der Waals surface area (Å²) in [7, 11) is 0. The zero-order valence-corrected chi connectivity index (χ0v) is 17.8. The number of piperazine rings is 1. The lowest BCUT2D eigenvalue weighted by Gasteiger charge is -2.36. The molecule has 1 aromatic heterocycles. The fraction of sp³-hybridized carbons (Fsp3) is 0.500. The lowest BCUT2D eigenvalue weighted by atomic mass is 10.2. The molecule has 28 heavy (non-hydrogen) atoms. The summed E-state index contributed by atoms with van der Waals surface area (Å²) in [6.45, 7) is 10.5. The zero-order valence-electron chi connectivity index (χ0n) is 16.9. The van der Waals surface area contributed by atoms with Crippen LogP contribution in [0.1, 0.15) is 24.6 Å². The average Bonchev–Trinajstić information content (AvgIpc) is 3.26. The predicted molar refractivity (Wildman–Crippen MR) is 121 cm³/mol. The van der Waals surface area contributed by atoms with Gasteiger partial charge in [0.1, 0.15) is 0 Å². The molecule has 0 unspecified atom stereocenters. The normalized spacial score (nSPS) is 15.6. The first-order valence-electron chi connectivity index (χ1n) is 10.4. The van der Waals surface area contributed by atoms with Gasteiger partial charge in [-0.3, -0.25) is 4.90 Å². The summed E-state index contributed by atoms with van der Waals surface area (Å²) >= 11 is 1.76. The van der Waals surface area contributed by atoms with E-state index in [-0.39, 0.29) is 0 Å². The summed E-state index contributed by atoms with van der Waals surface area (Å²) in [6.07, 6.45) is 2.39. The Balaban J connectivity index is 1.29. The summed E-state index contributed by atoms with van der Waals surface area (Å²) in [6, 6.07) is 15.0. The molecule has 2 heterocycles. The van der Waals surface area contributed by atoms with Crippen molar-refractivity contribution in [2.75, 3.05) is 50.7 Å². The molecule has 0 radical (unpaired) electrons. The van der Waals surface area contributed by atoms with Gasteiger partial charge in [-0.15, -0.1) is 11.3 Å². The Morgan fingerprint density at radius 2 is 1.82 bits per heavy atom. The molecular formula is C22H33N5S. The minimum Gasteiger partial charge on any atom is -0.369 e. The van der Waals surface area contributed by atoms with Crippen molar-refractivity contribution in [1.82, 2.24) is 15.5 Å². The van der Waals surface area contributed by atoms with Crippen LogP contribution in [0.4, 0.5) is 5.69 Å². The maximum atomic E-state index is 4.67. The minimum absolute atomic E-state index is 0.749. The van der Waals surface area contributed by atoms with Crippen molar-refractivity contribution >= 4 is 23.0 Å². The highest BCUT2D eigenvalue weighted by atomic mass is 32.1. The van der Waals surface area contributed by atoms with Crippen LogP contribution in [0.15, 0.2) is 52.8 Å². The van der Waals surface area contributed by atoms with Gasteiger partial charge in [0.2, 0.25) is 0 Å². The molecule has 1 aliphatic heterocycles. The van der Waals surface area contributed by atoms with E-state index in [0.717, 1.165) is 51.8 Å². The molecule has 1 aromatic carbocycles. The second kappa shape index (κ2) is 11.7. The summed E-state index contributed by atoms with van der Waals surface area (Å²) in [5.74, 6) is 0.923. The van der Waals surface area contributed by atoms with Crippen LogP contribution in [0.3, 0.4) is 0 Å². The van der Waals surface area contributed by atoms with Crippen molar-refractivity contribution in [3.05, 3.63) is 52.7 Å². The maximum Gasteiger partial charge on any atom is 0.191 e. The Kier molecular flexibility index (Phi) is 8.65. The second-order valence-corrected chi connectivity index (χ2v) is 8.10. The molecule has 0 spiro atoms. The first-order valence-corrected chi connectivity index (χ1v) is 11.3. The molecule has 5 nitrogen and oxygen atoms in total. The molecule has 0 saturated carbocycles. The summed E-state index contributed by atoms with van der Waals surface area (Å²) in [5, 5.41) is 8.90. The van der Waals surface area contributed by atoms with Gasteiger partial charge in [-0.25, -0.2) is 4.99 Å². The number of nitrogens with one attached hydrogen (secondary N) is 2. The zero-order chi connectivity index (χ0) is 19.4. The molecule has 0 amide bonds. The first kappa shape index (κ1) is 20.7. The van der Waals surface area contributed by atoms with Crippen LogP contribution < -0.4 is 15.5 Å². The topological polar surface area (TPSA) is 42.9 Å². The van der Waals surface area contributed by atoms with Crippen molar-refractivity contribution < 1.29 is 0 Å². The monoisotopic (exact) mass is 399 g/mol. The molecule has 1 aliphatic rings. The van der Waals surface area contributed by atoms with Crippen LogP contribution >= 0.6 is 11.3 Å². The highest BCUT2D eigenvalue weighted by Gasteiger charge is 2.16. The van der Waals surface area contributed by atoms with Crippen LogP contribution in [-0.2, 0) is 6.54 Å². The number of guanidine groups is 1. The smallest absolute Gasteiger partial charge is 0.191 e. The highest BCUT2D eigenvalue weighted by Crippen LogP contribution is 2.15. The van der Waals surface area contributed by atoms with Gasteiger partial charge < -0.3 is 15.5 Å². The Bertz CT molecular complexity index is 678. The Hall–Kier alpha value is -2.05. The third-order valence-electron chi connectivity index (χ3n) is 5.00. The summed E-state index contributed by atoms with van der Waals surface area (Å²) in [4.78, 5) is 11.1. The molecule has 152 valence electrons. The number of para-hydroxylation sites is 1. The number of anilines is 1. The molecular weight excluding hydrogens is 366 g/mol. The third-order valence-corrected chi connectivity index (χ3v) is 5.87. The molecule has 0 aliphatic carbocycles. The van der Waals surface area contributed by atoms with Gasteiger partial charge in [0.25, 0.3) is 0 Å². The van der Waals surface area contributed by atoms with Crippen LogP contribution in [0.2, 0.25) is 0 Å². The molecule has 0 bridgehead atoms. The quantitative estimate of drug-likeness (QED) is 0.385. The van der Waals surface area contributed by atoms with E-state index in [9.17, 15) is 0 Å². The van der Waals surface area contributed by atoms with Crippen molar-refractivity contribution in [3.63, 3.8) is 0 Å². The van der Waals surface area contributed by atoms with Crippen LogP contribution in [0, 0.1) is 0 Å².